The van der Waals surface area contributed by atoms with Crippen LogP contribution < -0.4 is 0 Å². The maximum Gasteiger partial charge on any atom is 0.0547 e. The van der Waals surface area contributed by atoms with Gasteiger partial charge in [-0.15, -0.1) is 0 Å². The largest absolute Gasteiger partial charge is 0.396 e. The number of unbranched alkanes of at least 4 members (excludes halogenated alkanes) is 3. The van der Waals surface area contributed by atoms with Crippen molar-refractivity contribution in [3.63, 3.8) is 0 Å². The molecule has 11 heavy (non-hydrogen) atoms. The number of aliphatic hydroxyl groups excluding tert-OH is 2. The Labute approximate surface area is 74.0 Å². The highest BCUT2D eigenvalue weighted by molar-refractivity contribution is 7.81. The molecule has 0 rings (SSSR count). The lowest BCUT2D eigenvalue weighted by molar-refractivity contribution is 0.278. The number of aliphatic hydroxyl groups is 2. The van der Waals surface area contributed by atoms with E-state index in [0.717, 1.165) is 32.1 Å². The molecule has 0 amide bonds. The van der Waals surface area contributed by atoms with Gasteiger partial charge in [0.15, 0.2) is 0 Å². The van der Waals surface area contributed by atoms with Crippen LogP contribution in [0.15, 0.2) is 0 Å². The van der Waals surface area contributed by atoms with Gasteiger partial charge in [0.1, 0.15) is 0 Å². The Balaban J connectivity index is 2.89. The Bertz CT molecular complexity index is 78.5. The lowest BCUT2D eigenvalue weighted by atomic mass is 10.1. The van der Waals surface area contributed by atoms with Crippen LogP contribution in [0.1, 0.15) is 32.1 Å². The molecular weight excluding hydrogens is 160 g/mol. The highest BCUT2D eigenvalue weighted by atomic mass is 32.1. The van der Waals surface area contributed by atoms with Crippen molar-refractivity contribution in [1.82, 2.24) is 0 Å². The summed E-state index contributed by atoms with van der Waals surface area (Å²) in [4.78, 5) is 0. The summed E-state index contributed by atoms with van der Waals surface area (Å²) in [5.74, 6) is 0. The average molecular weight is 178 g/mol. The molecule has 3 heteroatoms. The molecule has 0 heterocycles. The van der Waals surface area contributed by atoms with Crippen LogP contribution in [0.4, 0.5) is 0 Å². The van der Waals surface area contributed by atoms with Gasteiger partial charge in [-0.3, -0.25) is 0 Å². The van der Waals surface area contributed by atoms with Gasteiger partial charge >= 0.3 is 0 Å². The molecule has 68 valence electrons. The second-order valence-corrected chi connectivity index (χ2v) is 3.49. The second-order valence-electron chi connectivity index (χ2n) is 2.76. The minimum atomic E-state index is 0.143. The SMILES string of the molecule is OCCCCCCC(S)CO. The standard InChI is InChI=1S/C8H18O2S/c9-6-4-2-1-3-5-8(11)7-10/h8-11H,1-7H2. The monoisotopic (exact) mass is 178 g/mol. The van der Waals surface area contributed by atoms with Crippen LogP contribution in [0.3, 0.4) is 0 Å². The molecule has 0 bridgehead atoms. The summed E-state index contributed by atoms with van der Waals surface area (Å²) in [5.41, 5.74) is 0. The molecular formula is C8H18O2S. The van der Waals surface area contributed by atoms with Crippen molar-refractivity contribution >= 4 is 12.6 Å². The van der Waals surface area contributed by atoms with Crippen LogP contribution >= 0.6 is 12.6 Å². The highest BCUT2D eigenvalue weighted by Crippen LogP contribution is 2.08. The van der Waals surface area contributed by atoms with Crippen LogP contribution in [-0.2, 0) is 0 Å². The summed E-state index contributed by atoms with van der Waals surface area (Å²) in [6, 6.07) is 0. The van der Waals surface area contributed by atoms with Crippen LogP contribution in [0.2, 0.25) is 0 Å². The third-order valence-corrected chi connectivity index (χ3v) is 2.08. The number of hydrogen-bond donors (Lipinski definition) is 3. The fraction of sp³-hybridized carbons (Fsp3) is 1.00. The summed E-state index contributed by atoms with van der Waals surface area (Å²) in [7, 11) is 0. The first kappa shape index (κ1) is 11.3. The van der Waals surface area contributed by atoms with Crippen molar-refractivity contribution in [1.29, 1.82) is 0 Å². The van der Waals surface area contributed by atoms with E-state index in [2.05, 4.69) is 12.6 Å². The van der Waals surface area contributed by atoms with E-state index in [1.54, 1.807) is 0 Å². The lowest BCUT2D eigenvalue weighted by Gasteiger charge is -2.05. The minimum Gasteiger partial charge on any atom is -0.396 e. The molecule has 2 nitrogen and oxygen atoms in total. The van der Waals surface area contributed by atoms with Crippen LogP contribution in [0, 0.1) is 0 Å². The van der Waals surface area contributed by atoms with Crippen LogP contribution in [-0.4, -0.2) is 28.7 Å². The van der Waals surface area contributed by atoms with Crippen molar-refractivity contribution in [2.45, 2.75) is 37.4 Å². The second kappa shape index (κ2) is 8.37. The van der Waals surface area contributed by atoms with Gasteiger partial charge in [-0.05, 0) is 12.8 Å². The summed E-state index contributed by atoms with van der Waals surface area (Å²) in [6.07, 6.45) is 5.20. The van der Waals surface area contributed by atoms with Gasteiger partial charge in [0.25, 0.3) is 0 Å². The Kier molecular flexibility index (Phi) is 8.57. The van der Waals surface area contributed by atoms with Gasteiger partial charge in [-0.25, -0.2) is 0 Å². The molecule has 1 atom stereocenters. The molecule has 0 aliphatic heterocycles. The zero-order chi connectivity index (χ0) is 8.53. The summed E-state index contributed by atoms with van der Waals surface area (Å²) in [6.45, 7) is 0.466. The van der Waals surface area contributed by atoms with Gasteiger partial charge in [-0.1, -0.05) is 19.3 Å². The molecule has 0 aromatic rings. The number of rotatable bonds is 7. The zero-order valence-corrected chi connectivity index (χ0v) is 7.76. The molecule has 0 aromatic heterocycles. The van der Waals surface area contributed by atoms with E-state index in [1.165, 1.54) is 0 Å². The van der Waals surface area contributed by atoms with Crippen molar-refractivity contribution in [3.8, 4) is 0 Å². The number of thiol groups is 1. The molecule has 0 aliphatic carbocycles. The third kappa shape index (κ3) is 8.17. The smallest absolute Gasteiger partial charge is 0.0547 e. The Morgan fingerprint density at radius 1 is 1.00 bits per heavy atom. The van der Waals surface area contributed by atoms with E-state index in [-0.39, 0.29) is 11.9 Å². The normalized spacial score (nSPS) is 13.4. The molecule has 0 saturated heterocycles. The fourth-order valence-corrected chi connectivity index (χ4v) is 1.12. The van der Waals surface area contributed by atoms with Gasteiger partial charge < -0.3 is 10.2 Å². The van der Waals surface area contributed by atoms with Crippen molar-refractivity contribution in [2.24, 2.45) is 0 Å². The number of hydrogen-bond acceptors (Lipinski definition) is 3. The quantitative estimate of drug-likeness (QED) is 0.405. The van der Waals surface area contributed by atoms with E-state index in [9.17, 15) is 0 Å². The Hall–Kier alpha value is 0.270. The fourth-order valence-electron chi connectivity index (χ4n) is 0.937. The maximum atomic E-state index is 8.62. The van der Waals surface area contributed by atoms with Crippen LogP contribution in [0.25, 0.3) is 0 Å². The van der Waals surface area contributed by atoms with E-state index in [0.29, 0.717) is 6.61 Å². The molecule has 0 aromatic carbocycles. The third-order valence-electron chi connectivity index (χ3n) is 1.66. The zero-order valence-electron chi connectivity index (χ0n) is 6.87. The molecule has 1 unspecified atom stereocenters. The molecule has 2 N–H and O–H groups in total. The first-order valence-electron chi connectivity index (χ1n) is 4.21. The molecule has 0 saturated carbocycles. The average Bonchev–Trinajstić information content (AvgIpc) is 2.04. The Morgan fingerprint density at radius 3 is 2.18 bits per heavy atom. The highest BCUT2D eigenvalue weighted by Gasteiger charge is 1.99. The van der Waals surface area contributed by atoms with E-state index >= 15 is 0 Å². The maximum absolute atomic E-state index is 8.62. The summed E-state index contributed by atoms with van der Waals surface area (Å²) < 4.78 is 0. The first-order chi connectivity index (χ1) is 5.31. The predicted molar refractivity (Wildman–Crippen MR) is 50.0 cm³/mol. The Morgan fingerprint density at radius 2 is 1.64 bits per heavy atom. The summed E-state index contributed by atoms with van der Waals surface area (Å²) >= 11 is 4.16. The van der Waals surface area contributed by atoms with Gasteiger partial charge in [0, 0.05) is 11.9 Å². The van der Waals surface area contributed by atoms with Gasteiger partial charge in [0.05, 0.1) is 6.61 Å². The lowest BCUT2D eigenvalue weighted by Crippen LogP contribution is -2.03. The minimum absolute atomic E-state index is 0.143. The van der Waals surface area contributed by atoms with E-state index < -0.39 is 0 Å². The first-order valence-corrected chi connectivity index (χ1v) is 4.72. The van der Waals surface area contributed by atoms with E-state index in [4.69, 9.17) is 10.2 Å². The summed E-state index contributed by atoms with van der Waals surface area (Å²) in [5, 5.41) is 17.2. The molecule has 0 radical (unpaired) electrons. The topological polar surface area (TPSA) is 40.5 Å². The van der Waals surface area contributed by atoms with E-state index in [1.807, 2.05) is 0 Å². The predicted octanol–water partition coefficient (Wildman–Crippen LogP) is 1.22. The van der Waals surface area contributed by atoms with Gasteiger partial charge in [0.2, 0.25) is 0 Å². The molecule has 0 fully saturated rings. The molecule has 0 aliphatic rings. The van der Waals surface area contributed by atoms with Crippen molar-refractivity contribution in [3.05, 3.63) is 0 Å². The van der Waals surface area contributed by atoms with Gasteiger partial charge in [-0.2, -0.15) is 12.6 Å². The van der Waals surface area contributed by atoms with Crippen LogP contribution in [0.5, 0.6) is 0 Å². The molecule has 0 spiro atoms. The van der Waals surface area contributed by atoms with Crippen molar-refractivity contribution in [2.75, 3.05) is 13.2 Å². The van der Waals surface area contributed by atoms with Crippen molar-refractivity contribution < 1.29 is 10.2 Å².